The quantitative estimate of drug-likeness (QED) is 0.247. The number of nitrogens with one attached hydrogen (secondary N) is 2. The molecule has 2 aromatic carbocycles. The van der Waals surface area contributed by atoms with Crippen molar-refractivity contribution in [3.05, 3.63) is 100 Å². The second-order valence-corrected chi connectivity index (χ2v) is 10.2. The van der Waals surface area contributed by atoms with Crippen LogP contribution in [0.25, 0.3) is 21.3 Å². The smallest absolute Gasteiger partial charge is 0.255 e. The number of aromatic nitrogens is 3. The monoisotopic (exact) mass is 508 g/mol. The highest BCUT2D eigenvalue weighted by Crippen LogP contribution is 2.31. The predicted octanol–water partition coefficient (Wildman–Crippen LogP) is 6.06. The number of nitrogen functional groups attached to an aromatic ring is 1. The maximum atomic E-state index is 13.1. The highest BCUT2D eigenvalue weighted by atomic mass is 32.1. The van der Waals surface area contributed by atoms with Crippen LogP contribution in [0.2, 0.25) is 0 Å². The molecule has 3 aromatic heterocycles. The molecule has 5 rings (SSSR count). The minimum absolute atomic E-state index is 0.124. The summed E-state index contributed by atoms with van der Waals surface area (Å²) in [6, 6.07) is 19.9. The number of amides is 1. The van der Waals surface area contributed by atoms with Crippen LogP contribution in [0.1, 0.15) is 44.9 Å². The molecule has 0 aliphatic carbocycles. The maximum Gasteiger partial charge on any atom is 0.255 e. The van der Waals surface area contributed by atoms with Gasteiger partial charge in [0.25, 0.3) is 5.91 Å². The van der Waals surface area contributed by atoms with E-state index in [9.17, 15) is 4.79 Å². The van der Waals surface area contributed by atoms with Crippen LogP contribution < -0.4 is 16.4 Å². The average Bonchev–Trinajstić information content (AvgIpc) is 3.38. The number of anilines is 2. The van der Waals surface area contributed by atoms with Gasteiger partial charge in [0.05, 0.1) is 23.7 Å². The van der Waals surface area contributed by atoms with Crippen LogP contribution in [0.5, 0.6) is 0 Å². The lowest BCUT2D eigenvalue weighted by Crippen LogP contribution is -2.27. The molecule has 4 N–H and O–H groups in total. The summed E-state index contributed by atoms with van der Waals surface area (Å²) < 4.78 is 0. The number of fused-ring (bicyclic) bond motifs is 1. The zero-order chi connectivity index (χ0) is 25.9. The molecule has 5 aromatic rings. The molecule has 186 valence electrons. The highest BCUT2D eigenvalue weighted by Gasteiger charge is 2.16. The van der Waals surface area contributed by atoms with Crippen LogP contribution in [0.15, 0.2) is 73.2 Å². The molecule has 37 heavy (non-hydrogen) atoms. The third-order valence-electron chi connectivity index (χ3n) is 6.47. The van der Waals surface area contributed by atoms with E-state index in [-0.39, 0.29) is 11.9 Å². The zero-order valence-electron chi connectivity index (χ0n) is 20.9. The first kappa shape index (κ1) is 24.4. The fourth-order valence-electron chi connectivity index (χ4n) is 4.15. The molecule has 0 radical (unpaired) electrons. The third-order valence-corrected chi connectivity index (χ3v) is 7.61. The normalized spacial score (nSPS) is 11.9. The SMILES string of the molecule is Cc1ccc([C@H](C)NC(=O)c2cccnc2NCc2ccc(-c3ccc4ncnc(N)c4c3)s2)cc1C. The number of hydrogen-bond donors (Lipinski definition) is 3. The molecule has 7 nitrogen and oxygen atoms in total. The molecule has 0 aliphatic heterocycles. The lowest BCUT2D eigenvalue weighted by Gasteiger charge is -2.17. The topological polar surface area (TPSA) is 106 Å². The number of carbonyl (C=O) groups excluding carboxylic acids is 1. The lowest BCUT2D eigenvalue weighted by molar-refractivity contribution is 0.0940. The second-order valence-electron chi connectivity index (χ2n) is 9.05. The van der Waals surface area contributed by atoms with Crippen molar-refractivity contribution in [1.82, 2.24) is 20.3 Å². The Balaban J connectivity index is 1.28. The van der Waals surface area contributed by atoms with Gasteiger partial charge in [-0.15, -0.1) is 11.3 Å². The molecule has 8 heteroatoms. The van der Waals surface area contributed by atoms with Gasteiger partial charge in [-0.1, -0.05) is 24.3 Å². The Hall–Kier alpha value is -4.30. The van der Waals surface area contributed by atoms with Gasteiger partial charge in [-0.25, -0.2) is 15.0 Å². The standard InChI is InChI=1S/C29H28N6OS/c1-17-6-7-20(13-18(17)2)19(3)35-29(36)23-5-4-12-31-28(23)32-15-22-9-11-26(37-22)21-8-10-25-24(14-21)27(30)34-16-33-25/h4-14,16,19H,15H2,1-3H3,(H,31,32)(H,35,36)(H2,30,33,34)/t19-/m0/s1. The van der Waals surface area contributed by atoms with Crippen molar-refractivity contribution in [2.24, 2.45) is 0 Å². The number of nitrogens with zero attached hydrogens (tertiary/aromatic N) is 3. The summed E-state index contributed by atoms with van der Waals surface area (Å²) in [6.07, 6.45) is 3.16. The molecule has 0 saturated heterocycles. The fourth-order valence-corrected chi connectivity index (χ4v) is 5.09. The van der Waals surface area contributed by atoms with Gasteiger partial charge in [0, 0.05) is 21.3 Å². The molecule has 0 spiro atoms. The summed E-state index contributed by atoms with van der Waals surface area (Å²) in [5, 5.41) is 7.29. The van der Waals surface area contributed by atoms with Gasteiger partial charge >= 0.3 is 0 Å². The molecule has 1 atom stereocenters. The van der Waals surface area contributed by atoms with E-state index in [0.29, 0.717) is 23.7 Å². The van der Waals surface area contributed by atoms with Crippen molar-refractivity contribution in [2.45, 2.75) is 33.4 Å². The Kier molecular flexibility index (Phi) is 6.83. The maximum absolute atomic E-state index is 13.1. The molecule has 0 saturated carbocycles. The number of pyridine rings is 1. The second kappa shape index (κ2) is 10.4. The first-order chi connectivity index (χ1) is 17.9. The van der Waals surface area contributed by atoms with Gasteiger partial charge in [0.1, 0.15) is 18.0 Å². The van der Waals surface area contributed by atoms with Crippen LogP contribution in [-0.4, -0.2) is 20.9 Å². The van der Waals surface area contributed by atoms with E-state index in [1.807, 2.05) is 25.1 Å². The number of benzene rings is 2. The van der Waals surface area contributed by atoms with Crippen molar-refractivity contribution in [1.29, 1.82) is 0 Å². The molecular weight excluding hydrogens is 480 g/mol. The van der Waals surface area contributed by atoms with Gasteiger partial charge in [0.15, 0.2) is 0 Å². The minimum Gasteiger partial charge on any atom is -0.383 e. The van der Waals surface area contributed by atoms with Crippen molar-refractivity contribution >= 4 is 39.8 Å². The Morgan fingerprint density at radius 3 is 2.70 bits per heavy atom. The van der Waals surface area contributed by atoms with Crippen LogP contribution in [0, 0.1) is 13.8 Å². The lowest BCUT2D eigenvalue weighted by atomic mass is 10.0. The summed E-state index contributed by atoms with van der Waals surface area (Å²) in [5.74, 6) is 0.861. The molecule has 0 aliphatic rings. The van der Waals surface area contributed by atoms with Crippen LogP contribution in [0.3, 0.4) is 0 Å². The van der Waals surface area contributed by atoms with Crippen LogP contribution in [0.4, 0.5) is 11.6 Å². The Morgan fingerprint density at radius 1 is 1.00 bits per heavy atom. The van der Waals surface area contributed by atoms with E-state index in [4.69, 9.17) is 5.73 Å². The first-order valence-corrected chi connectivity index (χ1v) is 12.9. The Morgan fingerprint density at radius 2 is 1.86 bits per heavy atom. The molecule has 3 heterocycles. The number of hydrogen-bond acceptors (Lipinski definition) is 7. The van der Waals surface area contributed by atoms with E-state index in [1.165, 1.54) is 17.5 Å². The summed E-state index contributed by atoms with van der Waals surface area (Å²) in [5.41, 5.74) is 11.9. The number of aryl methyl sites for hydroxylation is 2. The Labute approximate surface area is 219 Å². The Bertz CT molecular complexity index is 1590. The van der Waals surface area contributed by atoms with Gasteiger partial charge in [-0.3, -0.25) is 4.79 Å². The number of nitrogens with two attached hydrogens (primary N) is 1. The van der Waals surface area contributed by atoms with Gasteiger partial charge in [-0.05, 0) is 79.4 Å². The first-order valence-electron chi connectivity index (χ1n) is 12.1. The molecule has 0 bridgehead atoms. The minimum atomic E-state index is -0.163. The predicted molar refractivity (Wildman–Crippen MR) is 151 cm³/mol. The molecule has 0 unspecified atom stereocenters. The van der Waals surface area contributed by atoms with Gasteiger partial charge in [0.2, 0.25) is 0 Å². The molecule has 1 amide bonds. The summed E-state index contributed by atoms with van der Waals surface area (Å²) in [6.45, 7) is 6.70. The molecule has 0 fully saturated rings. The van der Waals surface area contributed by atoms with Gasteiger partial charge in [-0.2, -0.15) is 0 Å². The fraction of sp³-hybridized carbons (Fsp3) is 0.172. The number of carbonyl (C=O) groups is 1. The van der Waals surface area contributed by atoms with E-state index < -0.39 is 0 Å². The van der Waals surface area contributed by atoms with Crippen molar-refractivity contribution < 1.29 is 4.79 Å². The average molecular weight is 509 g/mol. The summed E-state index contributed by atoms with van der Waals surface area (Å²) in [7, 11) is 0. The van der Waals surface area contributed by atoms with Crippen molar-refractivity contribution in [3.8, 4) is 10.4 Å². The van der Waals surface area contributed by atoms with Gasteiger partial charge < -0.3 is 16.4 Å². The van der Waals surface area contributed by atoms with Crippen LogP contribution in [-0.2, 0) is 6.54 Å². The number of thiophene rings is 1. The van der Waals surface area contributed by atoms with Crippen molar-refractivity contribution in [3.63, 3.8) is 0 Å². The van der Waals surface area contributed by atoms with E-state index in [2.05, 4.69) is 69.8 Å². The number of rotatable bonds is 7. The summed E-state index contributed by atoms with van der Waals surface area (Å²) in [4.78, 5) is 28.2. The molecular formula is C29H28N6OS. The van der Waals surface area contributed by atoms with Crippen molar-refractivity contribution in [2.75, 3.05) is 11.1 Å². The largest absolute Gasteiger partial charge is 0.383 e. The van der Waals surface area contributed by atoms with E-state index in [0.717, 1.165) is 31.8 Å². The third kappa shape index (κ3) is 5.29. The summed E-state index contributed by atoms with van der Waals surface area (Å²) >= 11 is 1.67. The van der Waals surface area contributed by atoms with E-state index >= 15 is 0 Å². The van der Waals surface area contributed by atoms with Crippen LogP contribution >= 0.6 is 11.3 Å². The highest BCUT2D eigenvalue weighted by molar-refractivity contribution is 7.15. The zero-order valence-corrected chi connectivity index (χ0v) is 21.8. The van der Waals surface area contributed by atoms with E-state index in [1.54, 1.807) is 29.7 Å².